The van der Waals surface area contributed by atoms with Crippen LogP contribution in [0, 0.1) is 5.82 Å². The summed E-state index contributed by atoms with van der Waals surface area (Å²) < 4.78 is 42.1. The van der Waals surface area contributed by atoms with E-state index in [1.165, 1.54) is 17.0 Å². The molecule has 0 aliphatic rings. The zero-order valence-corrected chi connectivity index (χ0v) is 12.6. The van der Waals surface area contributed by atoms with Gasteiger partial charge in [0.25, 0.3) is 12.0 Å². The second kappa shape index (κ2) is 5.36. The first-order valence-corrected chi connectivity index (χ1v) is 7.24. The van der Waals surface area contributed by atoms with Gasteiger partial charge in [0.2, 0.25) is 5.95 Å². The maximum absolute atomic E-state index is 14.4. The fourth-order valence-electron chi connectivity index (χ4n) is 2.86. The number of aromatic amines is 1. The fourth-order valence-corrected chi connectivity index (χ4v) is 2.86. The van der Waals surface area contributed by atoms with Crippen LogP contribution in [0.1, 0.15) is 0 Å². The Morgan fingerprint density at radius 1 is 1.32 bits per heavy atom. The van der Waals surface area contributed by atoms with Crippen LogP contribution < -0.4 is 11.3 Å². The topological polar surface area (TPSA) is 94.0 Å². The first kappa shape index (κ1) is 15.2. The minimum Gasteiger partial charge on any atom is -0.368 e. The molecule has 3 N–H and O–H groups in total. The van der Waals surface area contributed by atoms with Crippen LogP contribution in [0.4, 0.5) is 19.1 Å². The van der Waals surface area contributed by atoms with Gasteiger partial charge in [-0.1, -0.05) is 6.07 Å². The van der Waals surface area contributed by atoms with Crippen LogP contribution in [0.2, 0.25) is 0 Å². The van der Waals surface area contributed by atoms with Gasteiger partial charge in [-0.2, -0.15) is 0 Å². The number of H-pyrrole nitrogens is 1. The van der Waals surface area contributed by atoms with Crippen LogP contribution in [0.25, 0.3) is 27.7 Å². The van der Waals surface area contributed by atoms with Crippen molar-refractivity contribution in [3.8, 4) is 11.1 Å². The van der Waals surface area contributed by atoms with Crippen molar-refractivity contribution in [1.82, 2.24) is 24.1 Å². The monoisotopic (exact) mass is 348 g/mol. The third-order valence-electron chi connectivity index (χ3n) is 3.86. The maximum Gasteiger partial charge on any atom is 0.277 e. The molecule has 0 aliphatic heterocycles. The minimum absolute atomic E-state index is 0.0143. The Morgan fingerprint density at radius 2 is 2.12 bits per heavy atom. The van der Waals surface area contributed by atoms with Crippen molar-refractivity contribution < 1.29 is 13.2 Å². The molecule has 4 aromatic rings. The van der Waals surface area contributed by atoms with Gasteiger partial charge in [0.05, 0.1) is 35.7 Å². The van der Waals surface area contributed by atoms with E-state index in [2.05, 4.69) is 15.1 Å². The molecule has 10 heteroatoms. The lowest BCUT2D eigenvalue weighted by atomic mass is 10.1. The van der Waals surface area contributed by atoms with Gasteiger partial charge >= 0.3 is 0 Å². The highest BCUT2D eigenvalue weighted by molar-refractivity contribution is 5.87. The quantitative estimate of drug-likeness (QED) is 0.592. The van der Waals surface area contributed by atoms with E-state index in [1.54, 1.807) is 12.1 Å². The van der Waals surface area contributed by atoms with E-state index in [0.717, 1.165) is 10.7 Å². The molecular weight excluding hydrogens is 337 g/mol. The summed E-state index contributed by atoms with van der Waals surface area (Å²) in [5, 5.41) is 3.83. The Bertz CT molecular complexity index is 1160. The molecule has 0 atom stereocenters. The summed E-state index contributed by atoms with van der Waals surface area (Å²) in [5.41, 5.74) is 6.10. The van der Waals surface area contributed by atoms with E-state index in [0.29, 0.717) is 16.6 Å². The van der Waals surface area contributed by atoms with Crippen LogP contribution in [-0.2, 0) is 6.54 Å². The number of nitrogens with one attached hydrogen (secondary N) is 1. The Kier molecular flexibility index (Phi) is 3.27. The predicted molar refractivity (Wildman–Crippen MR) is 84.9 cm³/mol. The standard InChI is InChI=1S/C15H11F3N6O/c16-8-4-24-13(14(25)21-15(19)22-24)12(8)7-1-2-9-10(3-7)23(6-20-9)5-11(17)18/h1-4,6,11H,5H2,(H3,19,21,22,25). The zero-order chi connectivity index (χ0) is 17.7. The molecule has 0 saturated heterocycles. The molecule has 1 aromatic carbocycles. The second-order valence-corrected chi connectivity index (χ2v) is 5.48. The molecule has 0 unspecified atom stereocenters. The summed E-state index contributed by atoms with van der Waals surface area (Å²) in [6.45, 7) is -0.530. The van der Waals surface area contributed by atoms with Gasteiger partial charge in [0.15, 0.2) is 5.82 Å². The smallest absolute Gasteiger partial charge is 0.277 e. The van der Waals surface area contributed by atoms with Crippen LogP contribution in [0.3, 0.4) is 0 Å². The van der Waals surface area contributed by atoms with Crippen molar-refractivity contribution in [2.75, 3.05) is 5.73 Å². The number of rotatable bonds is 3. The molecule has 128 valence electrons. The molecule has 0 spiro atoms. The molecule has 0 amide bonds. The first-order valence-electron chi connectivity index (χ1n) is 7.24. The molecule has 0 radical (unpaired) electrons. The highest BCUT2D eigenvalue weighted by Gasteiger charge is 2.18. The number of halogens is 3. The van der Waals surface area contributed by atoms with Gasteiger partial charge in [-0.15, -0.1) is 5.10 Å². The molecule has 7 nitrogen and oxygen atoms in total. The highest BCUT2D eigenvalue weighted by atomic mass is 19.3. The molecule has 4 rings (SSSR count). The van der Waals surface area contributed by atoms with Gasteiger partial charge in [-0.05, 0) is 17.7 Å². The molecule has 25 heavy (non-hydrogen) atoms. The Morgan fingerprint density at radius 3 is 2.88 bits per heavy atom. The third-order valence-corrected chi connectivity index (χ3v) is 3.86. The van der Waals surface area contributed by atoms with Crippen molar-refractivity contribution >= 4 is 22.5 Å². The number of nitrogens with zero attached hydrogens (tertiary/aromatic N) is 4. The fraction of sp³-hybridized carbons (Fsp3) is 0.133. The minimum atomic E-state index is -2.55. The molecule has 0 saturated carbocycles. The molecule has 0 aliphatic carbocycles. The summed E-state index contributed by atoms with van der Waals surface area (Å²) in [6, 6.07) is 4.66. The molecule has 0 fully saturated rings. The Labute approximate surface area is 137 Å². The zero-order valence-electron chi connectivity index (χ0n) is 12.6. The van der Waals surface area contributed by atoms with Crippen LogP contribution in [-0.4, -0.2) is 30.6 Å². The average Bonchev–Trinajstić information content (AvgIpc) is 3.07. The number of anilines is 1. The number of nitrogen functional groups attached to an aromatic ring is 1. The number of imidazole rings is 1. The van der Waals surface area contributed by atoms with E-state index in [9.17, 15) is 18.0 Å². The number of hydrogen-bond acceptors (Lipinski definition) is 4. The predicted octanol–water partition coefficient (Wildman–Crippen LogP) is 2.03. The Balaban J connectivity index is 1.97. The Hall–Kier alpha value is -3.30. The van der Waals surface area contributed by atoms with Crippen molar-refractivity contribution in [3.05, 3.63) is 46.9 Å². The van der Waals surface area contributed by atoms with Crippen LogP contribution >= 0.6 is 0 Å². The van der Waals surface area contributed by atoms with Crippen LogP contribution in [0.15, 0.2) is 35.5 Å². The molecule has 3 aromatic heterocycles. The number of fused-ring (bicyclic) bond motifs is 2. The van der Waals surface area contributed by atoms with E-state index >= 15 is 0 Å². The van der Waals surface area contributed by atoms with Gasteiger partial charge in [0, 0.05) is 0 Å². The van der Waals surface area contributed by atoms with Gasteiger partial charge in [-0.25, -0.2) is 22.7 Å². The summed E-state index contributed by atoms with van der Waals surface area (Å²) in [6.07, 6.45) is -0.219. The number of benzene rings is 1. The average molecular weight is 348 g/mol. The lowest BCUT2D eigenvalue weighted by Crippen LogP contribution is -2.15. The van der Waals surface area contributed by atoms with E-state index in [-0.39, 0.29) is 17.0 Å². The first-order chi connectivity index (χ1) is 11.9. The maximum atomic E-state index is 14.4. The molecular formula is C15H11F3N6O. The van der Waals surface area contributed by atoms with E-state index in [1.807, 2.05) is 0 Å². The number of hydrogen-bond donors (Lipinski definition) is 2. The third kappa shape index (κ3) is 2.42. The van der Waals surface area contributed by atoms with E-state index in [4.69, 9.17) is 5.73 Å². The van der Waals surface area contributed by atoms with Crippen molar-refractivity contribution in [2.45, 2.75) is 13.0 Å². The normalized spacial score (nSPS) is 11.8. The molecule has 0 bridgehead atoms. The van der Waals surface area contributed by atoms with Crippen molar-refractivity contribution in [1.29, 1.82) is 0 Å². The summed E-state index contributed by atoms with van der Waals surface area (Å²) in [5.74, 6) is -0.826. The highest BCUT2D eigenvalue weighted by Crippen LogP contribution is 2.29. The van der Waals surface area contributed by atoms with Gasteiger partial charge < -0.3 is 10.3 Å². The lowest BCUT2D eigenvalue weighted by Gasteiger charge is -2.05. The van der Waals surface area contributed by atoms with Crippen molar-refractivity contribution in [3.63, 3.8) is 0 Å². The number of alkyl halides is 2. The largest absolute Gasteiger partial charge is 0.368 e. The van der Waals surface area contributed by atoms with Crippen LogP contribution in [0.5, 0.6) is 0 Å². The van der Waals surface area contributed by atoms with Crippen molar-refractivity contribution in [2.24, 2.45) is 0 Å². The SMILES string of the molecule is Nc1nn2cc(F)c(-c3ccc4ncn(CC(F)F)c4c3)c2c(=O)[nH]1. The number of aromatic nitrogens is 5. The van der Waals surface area contributed by atoms with E-state index < -0.39 is 24.3 Å². The summed E-state index contributed by atoms with van der Waals surface area (Å²) in [4.78, 5) is 18.5. The number of nitrogens with two attached hydrogens (primary N) is 1. The summed E-state index contributed by atoms with van der Waals surface area (Å²) >= 11 is 0. The van der Waals surface area contributed by atoms with Gasteiger partial charge in [-0.3, -0.25) is 9.78 Å². The van der Waals surface area contributed by atoms with Gasteiger partial charge in [0.1, 0.15) is 5.52 Å². The second-order valence-electron chi connectivity index (χ2n) is 5.48. The molecule has 3 heterocycles. The lowest BCUT2D eigenvalue weighted by molar-refractivity contribution is 0.128. The summed E-state index contributed by atoms with van der Waals surface area (Å²) in [7, 11) is 0.